The maximum Gasteiger partial charge on any atom is 0.228 e. The van der Waals surface area contributed by atoms with Crippen molar-refractivity contribution in [1.82, 2.24) is 5.32 Å². The average Bonchev–Trinajstić information content (AvgIpc) is 3.48. The van der Waals surface area contributed by atoms with Gasteiger partial charge >= 0.3 is 0 Å². The lowest BCUT2D eigenvalue weighted by Crippen LogP contribution is -2.53. The van der Waals surface area contributed by atoms with Crippen molar-refractivity contribution in [2.24, 2.45) is 5.92 Å². The summed E-state index contributed by atoms with van der Waals surface area (Å²) in [6, 6.07) is 25.8. The quantitative estimate of drug-likeness (QED) is 0.397. The molecule has 1 atom stereocenters. The van der Waals surface area contributed by atoms with Crippen molar-refractivity contribution < 1.29 is 9.90 Å². The van der Waals surface area contributed by atoms with E-state index in [4.69, 9.17) is 0 Å². The number of carbonyl (C=O) groups is 1. The third-order valence-corrected chi connectivity index (χ3v) is 7.00. The highest BCUT2D eigenvalue weighted by Crippen LogP contribution is 2.46. The highest BCUT2D eigenvalue weighted by Gasteiger charge is 2.48. The van der Waals surface area contributed by atoms with Crippen molar-refractivity contribution in [3.8, 4) is 5.75 Å². The van der Waals surface area contributed by atoms with E-state index in [-0.39, 0.29) is 17.7 Å². The molecule has 0 radical (unpaired) electrons. The summed E-state index contributed by atoms with van der Waals surface area (Å²) in [6.45, 7) is 0. The van der Waals surface area contributed by atoms with Crippen LogP contribution < -0.4 is 16.0 Å². The van der Waals surface area contributed by atoms with Gasteiger partial charge in [0.1, 0.15) is 11.4 Å². The van der Waals surface area contributed by atoms with E-state index in [1.165, 1.54) is 18.4 Å². The number of hydrogen-bond donors (Lipinski definition) is 4. The zero-order chi connectivity index (χ0) is 22.7. The van der Waals surface area contributed by atoms with Crippen molar-refractivity contribution in [3.05, 3.63) is 90.0 Å². The first-order chi connectivity index (χ1) is 16.1. The summed E-state index contributed by atoms with van der Waals surface area (Å²) in [6.07, 6.45) is 5.85. The third kappa shape index (κ3) is 4.40. The van der Waals surface area contributed by atoms with Crippen molar-refractivity contribution in [1.29, 1.82) is 0 Å². The Bertz CT molecular complexity index is 1080. The SMILES string of the molecule is O=C(NC1CCCC1)C(CCc1ccccc1)C1(c2cccc(O)c2)Nc2ccccc2N1. The largest absolute Gasteiger partial charge is 0.508 e. The van der Waals surface area contributed by atoms with Gasteiger partial charge in [0.25, 0.3) is 0 Å². The summed E-state index contributed by atoms with van der Waals surface area (Å²) in [4.78, 5) is 13.9. The number of nitrogens with one attached hydrogen (secondary N) is 3. The number of carbonyl (C=O) groups excluding carboxylic acids is 1. The molecule has 0 saturated heterocycles. The second kappa shape index (κ2) is 9.18. The maximum absolute atomic E-state index is 13.9. The molecule has 1 amide bonds. The fourth-order valence-electron chi connectivity index (χ4n) is 5.30. The van der Waals surface area contributed by atoms with Gasteiger partial charge in [-0.05, 0) is 55.5 Å². The topological polar surface area (TPSA) is 73.4 Å². The van der Waals surface area contributed by atoms with Gasteiger partial charge in [0.15, 0.2) is 0 Å². The number of fused-ring (bicyclic) bond motifs is 1. The molecule has 170 valence electrons. The Hall–Kier alpha value is -3.47. The molecule has 4 N–H and O–H groups in total. The van der Waals surface area contributed by atoms with E-state index in [9.17, 15) is 9.90 Å². The molecule has 3 aromatic carbocycles. The Balaban J connectivity index is 1.54. The third-order valence-electron chi connectivity index (χ3n) is 7.00. The molecule has 0 aromatic heterocycles. The summed E-state index contributed by atoms with van der Waals surface area (Å²) >= 11 is 0. The van der Waals surface area contributed by atoms with Crippen LogP contribution in [0.1, 0.15) is 43.2 Å². The lowest BCUT2D eigenvalue weighted by Gasteiger charge is -2.39. The molecular weight excluding hydrogens is 410 g/mol. The molecule has 5 heteroatoms. The normalized spacial score (nSPS) is 17.6. The van der Waals surface area contributed by atoms with Crippen molar-refractivity contribution in [2.45, 2.75) is 50.2 Å². The second-order valence-corrected chi connectivity index (χ2v) is 9.22. The molecule has 1 unspecified atom stereocenters. The standard InChI is InChI=1S/C28H31N3O2/c32-23-14-8-11-21(19-23)28(30-25-15-6-7-16-26(25)31-28)24(18-17-20-9-2-1-3-10-20)27(33)29-22-12-4-5-13-22/h1-3,6-11,14-16,19,22,24,30-32H,4-5,12-13,17-18H2,(H,29,33). The van der Waals surface area contributed by atoms with E-state index in [2.05, 4.69) is 28.1 Å². The molecule has 3 aromatic rings. The molecule has 1 aliphatic carbocycles. The van der Waals surface area contributed by atoms with Gasteiger partial charge in [-0.2, -0.15) is 0 Å². The first kappa shape index (κ1) is 21.4. The fourth-order valence-corrected chi connectivity index (χ4v) is 5.30. The number of hydrogen-bond acceptors (Lipinski definition) is 4. The highest BCUT2D eigenvalue weighted by atomic mass is 16.3. The van der Waals surface area contributed by atoms with Gasteiger partial charge < -0.3 is 21.1 Å². The number of rotatable bonds is 7. The number of benzene rings is 3. The minimum absolute atomic E-state index is 0.0500. The number of para-hydroxylation sites is 2. The average molecular weight is 442 g/mol. The van der Waals surface area contributed by atoms with Crippen LogP contribution in [0.3, 0.4) is 0 Å². The van der Waals surface area contributed by atoms with Crippen molar-refractivity contribution in [2.75, 3.05) is 10.6 Å². The van der Waals surface area contributed by atoms with Gasteiger partial charge in [-0.3, -0.25) is 4.79 Å². The second-order valence-electron chi connectivity index (χ2n) is 9.22. The number of amides is 1. The summed E-state index contributed by atoms with van der Waals surface area (Å²) in [5.41, 5.74) is 3.11. The van der Waals surface area contributed by atoms with Crippen LogP contribution in [-0.4, -0.2) is 17.1 Å². The van der Waals surface area contributed by atoms with Gasteiger partial charge in [0, 0.05) is 11.6 Å². The van der Waals surface area contributed by atoms with Crippen LogP contribution in [0.25, 0.3) is 0 Å². The molecule has 5 nitrogen and oxygen atoms in total. The molecule has 1 aliphatic heterocycles. The summed E-state index contributed by atoms with van der Waals surface area (Å²) in [5.74, 6) is -0.161. The monoisotopic (exact) mass is 441 g/mol. The number of phenols is 1. The van der Waals surface area contributed by atoms with E-state index < -0.39 is 11.6 Å². The van der Waals surface area contributed by atoms with Gasteiger partial charge in [-0.15, -0.1) is 0 Å². The van der Waals surface area contributed by atoms with Crippen LogP contribution in [0, 0.1) is 5.92 Å². The van der Waals surface area contributed by atoms with Crippen molar-refractivity contribution in [3.63, 3.8) is 0 Å². The van der Waals surface area contributed by atoms with Gasteiger partial charge in [-0.1, -0.05) is 67.4 Å². The highest BCUT2D eigenvalue weighted by molar-refractivity contribution is 5.86. The van der Waals surface area contributed by atoms with Gasteiger partial charge in [0.05, 0.1) is 17.3 Å². The van der Waals surface area contributed by atoms with Crippen LogP contribution in [-0.2, 0) is 16.9 Å². The molecule has 0 spiro atoms. The van der Waals surface area contributed by atoms with Crippen LogP contribution in [0.15, 0.2) is 78.9 Å². The molecular formula is C28H31N3O2. The first-order valence-corrected chi connectivity index (χ1v) is 11.9. The summed E-state index contributed by atoms with van der Waals surface area (Å²) < 4.78 is 0. The smallest absolute Gasteiger partial charge is 0.228 e. The summed E-state index contributed by atoms with van der Waals surface area (Å²) in [5, 5.41) is 21.0. The molecule has 2 aliphatic rings. The number of aromatic hydroxyl groups is 1. The van der Waals surface area contributed by atoms with Gasteiger partial charge in [0.2, 0.25) is 5.91 Å². The molecule has 1 heterocycles. The Morgan fingerprint density at radius 3 is 2.27 bits per heavy atom. The maximum atomic E-state index is 13.9. The Morgan fingerprint density at radius 1 is 0.939 bits per heavy atom. The van der Waals surface area contributed by atoms with E-state index in [1.807, 2.05) is 54.6 Å². The van der Waals surface area contributed by atoms with E-state index >= 15 is 0 Å². The molecule has 1 fully saturated rings. The lowest BCUT2D eigenvalue weighted by atomic mass is 9.81. The van der Waals surface area contributed by atoms with Crippen LogP contribution in [0.4, 0.5) is 11.4 Å². The molecule has 1 saturated carbocycles. The van der Waals surface area contributed by atoms with Crippen LogP contribution in [0.5, 0.6) is 5.75 Å². The van der Waals surface area contributed by atoms with E-state index in [0.29, 0.717) is 6.42 Å². The molecule has 33 heavy (non-hydrogen) atoms. The molecule has 0 bridgehead atoms. The minimum atomic E-state index is -0.861. The predicted octanol–water partition coefficient (Wildman–Crippen LogP) is 5.39. The van der Waals surface area contributed by atoms with E-state index in [1.54, 1.807) is 12.1 Å². The molecule has 5 rings (SSSR count). The van der Waals surface area contributed by atoms with Crippen LogP contribution in [0.2, 0.25) is 0 Å². The minimum Gasteiger partial charge on any atom is -0.508 e. The Morgan fingerprint density at radius 2 is 1.61 bits per heavy atom. The zero-order valence-corrected chi connectivity index (χ0v) is 18.8. The number of phenolic OH excluding ortho intramolecular Hbond substituents is 1. The Kier molecular flexibility index (Phi) is 5.95. The predicted molar refractivity (Wildman–Crippen MR) is 132 cm³/mol. The van der Waals surface area contributed by atoms with Crippen LogP contribution >= 0.6 is 0 Å². The van der Waals surface area contributed by atoms with Gasteiger partial charge in [-0.25, -0.2) is 0 Å². The van der Waals surface area contributed by atoms with E-state index in [0.717, 1.165) is 36.2 Å². The Labute approximate surface area is 195 Å². The number of aryl methyl sites for hydroxylation is 1. The first-order valence-electron chi connectivity index (χ1n) is 11.9. The summed E-state index contributed by atoms with van der Waals surface area (Å²) in [7, 11) is 0. The zero-order valence-electron chi connectivity index (χ0n) is 18.8. The lowest BCUT2D eigenvalue weighted by molar-refractivity contribution is -0.127. The van der Waals surface area contributed by atoms with Crippen molar-refractivity contribution >= 4 is 17.3 Å². The fraction of sp³-hybridized carbons (Fsp3) is 0.321. The number of anilines is 2.